The van der Waals surface area contributed by atoms with Gasteiger partial charge in [0.05, 0.1) is 23.7 Å². The van der Waals surface area contributed by atoms with Gasteiger partial charge in [-0.25, -0.2) is 4.98 Å². The maximum atomic E-state index is 13.5. The molecule has 3 aliphatic rings. The molecule has 10 heteroatoms. The first-order valence-corrected chi connectivity index (χ1v) is 12.1. The summed E-state index contributed by atoms with van der Waals surface area (Å²) in [7, 11) is 0. The molecule has 35 heavy (non-hydrogen) atoms. The first-order chi connectivity index (χ1) is 16.9. The van der Waals surface area contributed by atoms with Gasteiger partial charge in [-0.15, -0.1) is 0 Å². The average Bonchev–Trinajstić information content (AvgIpc) is 3.41. The summed E-state index contributed by atoms with van der Waals surface area (Å²) in [6, 6.07) is 3.68. The van der Waals surface area contributed by atoms with Gasteiger partial charge in [-0.2, -0.15) is 0 Å². The third-order valence-electron chi connectivity index (χ3n) is 7.81. The number of H-pyrrole nitrogens is 1. The third-order valence-corrected chi connectivity index (χ3v) is 7.81. The Morgan fingerprint density at radius 3 is 2.54 bits per heavy atom. The molecule has 3 saturated heterocycles. The fraction of sp³-hybridized carbons (Fsp3) is 0.480. The lowest BCUT2D eigenvalue weighted by molar-refractivity contribution is -0.124. The molecule has 0 unspecified atom stereocenters. The number of hydrogen-bond donors (Lipinski definition) is 2. The second kappa shape index (κ2) is 8.01. The van der Waals surface area contributed by atoms with Crippen LogP contribution in [0, 0.1) is 6.92 Å². The van der Waals surface area contributed by atoms with E-state index in [9.17, 15) is 19.2 Å². The van der Waals surface area contributed by atoms with Crippen LogP contribution in [-0.4, -0.2) is 68.7 Å². The van der Waals surface area contributed by atoms with Crippen LogP contribution in [0.5, 0.6) is 0 Å². The van der Waals surface area contributed by atoms with Crippen molar-refractivity contribution in [2.24, 2.45) is 0 Å². The summed E-state index contributed by atoms with van der Waals surface area (Å²) in [6.07, 6.45) is 4.06. The van der Waals surface area contributed by atoms with Crippen LogP contribution in [0.15, 0.2) is 23.1 Å². The minimum Gasteiger partial charge on any atom is -0.381 e. The van der Waals surface area contributed by atoms with Crippen molar-refractivity contribution in [2.45, 2.75) is 50.5 Å². The molecule has 5 heterocycles. The van der Waals surface area contributed by atoms with Gasteiger partial charge in [0, 0.05) is 37.8 Å². The van der Waals surface area contributed by atoms with Gasteiger partial charge in [0.1, 0.15) is 16.9 Å². The van der Waals surface area contributed by atoms with Crippen molar-refractivity contribution in [3.8, 4) is 0 Å². The Bertz CT molecular complexity index is 1440. The zero-order valence-corrected chi connectivity index (χ0v) is 19.6. The largest absolute Gasteiger partial charge is 0.381 e. The number of piperidine rings is 1. The number of aryl methyl sites for hydroxylation is 1. The van der Waals surface area contributed by atoms with E-state index in [0.29, 0.717) is 55.7 Å². The number of nitrogens with one attached hydrogen (secondary N) is 2. The molecule has 1 spiro atoms. The monoisotopic (exact) mass is 477 g/mol. The smallest absolute Gasteiger partial charge is 0.274 e. The summed E-state index contributed by atoms with van der Waals surface area (Å²) >= 11 is 0. The highest BCUT2D eigenvalue weighted by molar-refractivity contribution is 6.10. The predicted molar refractivity (Wildman–Crippen MR) is 126 cm³/mol. The highest BCUT2D eigenvalue weighted by Crippen LogP contribution is 2.31. The molecule has 182 valence electrons. The summed E-state index contributed by atoms with van der Waals surface area (Å²) in [5.41, 5.74) is 2.11. The van der Waals surface area contributed by atoms with E-state index >= 15 is 0 Å². The van der Waals surface area contributed by atoms with E-state index in [1.54, 1.807) is 17.2 Å². The van der Waals surface area contributed by atoms with Crippen molar-refractivity contribution in [1.82, 2.24) is 24.6 Å². The number of aromatic amines is 1. The number of amides is 2. The number of hydrogen-bond acceptors (Lipinski definition) is 6. The summed E-state index contributed by atoms with van der Waals surface area (Å²) in [6.45, 7) is 4.00. The summed E-state index contributed by atoms with van der Waals surface area (Å²) in [4.78, 5) is 59.6. The molecule has 2 amide bonds. The fourth-order valence-electron chi connectivity index (χ4n) is 5.78. The zero-order chi connectivity index (χ0) is 24.3. The van der Waals surface area contributed by atoms with Crippen LogP contribution in [-0.2, 0) is 14.3 Å². The van der Waals surface area contributed by atoms with E-state index in [2.05, 4.69) is 15.3 Å². The Morgan fingerprint density at radius 1 is 1.11 bits per heavy atom. The number of carbonyl (C=O) groups is 3. The molecule has 2 N–H and O–H groups in total. The van der Waals surface area contributed by atoms with Crippen molar-refractivity contribution in [3.63, 3.8) is 0 Å². The Morgan fingerprint density at radius 2 is 1.86 bits per heavy atom. The molecular formula is C25H27N5O5. The van der Waals surface area contributed by atoms with Crippen LogP contribution in [0.25, 0.3) is 16.6 Å². The maximum absolute atomic E-state index is 13.5. The summed E-state index contributed by atoms with van der Waals surface area (Å²) < 4.78 is 7.42. The van der Waals surface area contributed by atoms with Gasteiger partial charge in [-0.05, 0) is 50.3 Å². The predicted octanol–water partition coefficient (Wildman–Crippen LogP) is 1.44. The fourth-order valence-corrected chi connectivity index (χ4v) is 5.78. The molecule has 3 fully saturated rings. The minimum atomic E-state index is -0.828. The molecule has 0 bridgehead atoms. The van der Waals surface area contributed by atoms with Crippen molar-refractivity contribution < 1.29 is 19.1 Å². The molecule has 10 nitrogen and oxygen atoms in total. The van der Waals surface area contributed by atoms with Crippen LogP contribution in [0.3, 0.4) is 0 Å². The molecule has 3 aliphatic heterocycles. The number of imidazole rings is 1. The standard InChI is InChI=1S/C25H27N5O5/c1-14-10-18-17(27-23(33)19-13-26-22(30(18)19)15-2-8-35-9-3-15)11-16(14)24(34)29-6-4-25(5-7-29)20(31)12-21(32)28-25/h10-11,13,15H,2-9,12H2,1H3,(H,27,33)(H,28,32). The number of benzene rings is 1. The van der Waals surface area contributed by atoms with E-state index in [1.807, 2.05) is 17.4 Å². The number of Topliss-reactive ketones (excluding diaryl/α,β-unsaturated/α-hetero) is 1. The van der Waals surface area contributed by atoms with Crippen molar-refractivity contribution in [2.75, 3.05) is 26.3 Å². The molecule has 2 aromatic heterocycles. The lowest BCUT2D eigenvalue weighted by Crippen LogP contribution is -2.55. The second-order valence-corrected chi connectivity index (χ2v) is 9.88. The van der Waals surface area contributed by atoms with Crippen LogP contribution in [0.4, 0.5) is 0 Å². The quantitative estimate of drug-likeness (QED) is 0.538. The van der Waals surface area contributed by atoms with E-state index in [0.717, 1.165) is 29.7 Å². The Balaban J connectivity index is 1.35. The lowest BCUT2D eigenvalue weighted by atomic mass is 9.85. The zero-order valence-electron chi connectivity index (χ0n) is 19.6. The molecule has 3 aromatic rings. The summed E-state index contributed by atoms with van der Waals surface area (Å²) in [5.74, 6) is 0.584. The second-order valence-electron chi connectivity index (χ2n) is 9.88. The van der Waals surface area contributed by atoms with Gasteiger partial charge < -0.3 is 19.9 Å². The number of likely N-dealkylation sites (tertiary alicyclic amines) is 1. The first kappa shape index (κ1) is 22.0. The van der Waals surface area contributed by atoms with Crippen molar-refractivity contribution in [1.29, 1.82) is 0 Å². The molecule has 0 radical (unpaired) electrons. The van der Waals surface area contributed by atoms with E-state index in [1.165, 1.54) is 0 Å². The molecular weight excluding hydrogens is 450 g/mol. The van der Waals surface area contributed by atoms with Gasteiger partial charge in [0.15, 0.2) is 5.78 Å². The van der Waals surface area contributed by atoms with E-state index < -0.39 is 5.54 Å². The number of ether oxygens (including phenoxy) is 1. The average molecular weight is 478 g/mol. The molecule has 0 atom stereocenters. The van der Waals surface area contributed by atoms with Crippen LogP contribution in [0.1, 0.15) is 59.8 Å². The maximum Gasteiger partial charge on any atom is 0.274 e. The Hall–Kier alpha value is -3.53. The highest BCUT2D eigenvalue weighted by Gasteiger charge is 2.48. The third kappa shape index (κ3) is 3.46. The van der Waals surface area contributed by atoms with Crippen LogP contribution < -0.4 is 10.9 Å². The number of rotatable bonds is 2. The Kier molecular flexibility index (Phi) is 5.03. The lowest BCUT2D eigenvalue weighted by Gasteiger charge is -2.38. The van der Waals surface area contributed by atoms with E-state index in [-0.39, 0.29) is 35.5 Å². The van der Waals surface area contributed by atoms with Gasteiger partial charge >= 0.3 is 0 Å². The normalized spacial score (nSPS) is 20.8. The number of fused-ring (bicyclic) bond motifs is 3. The SMILES string of the molecule is Cc1cc2c(cc1C(=O)N1CCC3(CC1)NC(=O)CC3=O)[nH]c(=O)c1cnc(C3CCOCC3)n12. The summed E-state index contributed by atoms with van der Waals surface area (Å²) in [5, 5.41) is 2.82. The van der Waals surface area contributed by atoms with Crippen LogP contribution in [0.2, 0.25) is 0 Å². The number of aromatic nitrogens is 3. The number of carbonyl (C=O) groups excluding carboxylic acids is 3. The van der Waals surface area contributed by atoms with Gasteiger partial charge in [0.2, 0.25) is 5.91 Å². The van der Waals surface area contributed by atoms with Crippen molar-refractivity contribution in [3.05, 3.63) is 45.6 Å². The van der Waals surface area contributed by atoms with Gasteiger partial charge in [-0.1, -0.05) is 0 Å². The molecule has 1 aromatic carbocycles. The molecule has 0 saturated carbocycles. The van der Waals surface area contributed by atoms with E-state index in [4.69, 9.17) is 4.74 Å². The van der Waals surface area contributed by atoms with Gasteiger partial charge in [0.25, 0.3) is 11.5 Å². The minimum absolute atomic E-state index is 0.0797. The molecule has 0 aliphatic carbocycles. The Labute approximate surface area is 200 Å². The number of ketones is 1. The first-order valence-electron chi connectivity index (χ1n) is 12.1. The van der Waals surface area contributed by atoms with Crippen molar-refractivity contribution >= 4 is 34.1 Å². The van der Waals surface area contributed by atoms with Crippen LogP contribution >= 0.6 is 0 Å². The highest BCUT2D eigenvalue weighted by atomic mass is 16.5. The number of nitrogens with zero attached hydrogens (tertiary/aromatic N) is 3. The molecule has 6 rings (SSSR count). The topological polar surface area (TPSA) is 126 Å². The van der Waals surface area contributed by atoms with Gasteiger partial charge in [-0.3, -0.25) is 23.6 Å².